The highest BCUT2D eigenvalue weighted by Gasteiger charge is 2.04. The molecule has 1 heterocycles. The molecule has 3 nitrogen and oxygen atoms in total. The van der Waals surface area contributed by atoms with Crippen LogP contribution in [0.4, 0.5) is 0 Å². The number of nitrogens with one attached hydrogen (secondary N) is 1. The van der Waals surface area contributed by atoms with Gasteiger partial charge in [-0.15, -0.1) is 0 Å². The smallest absolute Gasteiger partial charge is 0.0951 e. The summed E-state index contributed by atoms with van der Waals surface area (Å²) in [6.45, 7) is 9.53. The summed E-state index contributed by atoms with van der Waals surface area (Å²) in [5, 5.41) is 3.38. The van der Waals surface area contributed by atoms with E-state index in [1.807, 2.05) is 12.5 Å². The first-order chi connectivity index (χ1) is 6.11. The summed E-state index contributed by atoms with van der Waals surface area (Å²) in [5.74, 6) is 0. The Morgan fingerprint density at radius 2 is 2.08 bits per heavy atom. The normalized spacial score (nSPS) is 11.5. The summed E-state index contributed by atoms with van der Waals surface area (Å²) in [4.78, 5) is 4.14. The van der Waals surface area contributed by atoms with Gasteiger partial charge in [0.05, 0.1) is 12.0 Å². The van der Waals surface area contributed by atoms with Crippen molar-refractivity contribution in [2.24, 2.45) is 0 Å². The van der Waals surface area contributed by atoms with Gasteiger partial charge in [-0.05, 0) is 13.8 Å². The Labute approximate surface area is 80.2 Å². The number of aromatic nitrogens is 2. The average Bonchev–Trinajstić information content (AvgIpc) is 2.47. The minimum Gasteiger partial charge on any atom is -0.331 e. The number of hydrogen-bond acceptors (Lipinski definition) is 2. The van der Waals surface area contributed by atoms with Crippen molar-refractivity contribution in [2.45, 2.75) is 46.3 Å². The van der Waals surface area contributed by atoms with Crippen LogP contribution >= 0.6 is 0 Å². The van der Waals surface area contributed by atoms with Crippen LogP contribution in [0.25, 0.3) is 0 Å². The molecule has 0 saturated heterocycles. The lowest BCUT2D eigenvalue weighted by atomic mass is 10.3. The molecule has 0 fully saturated rings. The molecular formula is C10H19N3. The molecule has 0 aliphatic carbocycles. The van der Waals surface area contributed by atoms with Gasteiger partial charge in [0, 0.05) is 24.8 Å². The standard InChI is InChI=1S/C10H19N3/c1-8(2)12-6-10-5-11-7-13(10)9(3)4/h5,7-9,12H,6H2,1-4H3. The van der Waals surface area contributed by atoms with E-state index in [1.54, 1.807) is 0 Å². The van der Waals surface area contributed by atoms with Crippen molar-refractivity contribution < 1.29 is 0 Å². The molecule has 74 valence electrons. The second-order valence-corrected chi connectivity index (χ2v) is 3.92. The van der Waals surface area contributed by atoms with Gasteiger partial charge in [-0.2, -0.15) is 0 Å². The lowest BCUT2D eigenvalue weighted by Gasteiger charge is -2.13. The van der Waals surface area contributed by atoms with Crippen LogP contribution < -0.4 is 5.32 Å². The van der Waals surface area contributed by atoms with Crippen LogP contribution in [-0.2, 0) is 6.54 Å². The van der Waals surface area contributed by atoms with Crippen LogP contribution in [0.2, 0.25) is 0 Å². The lowest BCUT2D eigenvalue weighted by molar-refractivity contribution is 0.525. The summed E-state index contributed by atoms with van der Waals surface area (Å²) in [6.07, 6.45) is 3.82. The highest BCUT2D eigenvalue weighted by Crippen LogP contribution is 2.08. The highest BCUT2D eigenvalue weighted by molar-refractivity contribution is 4.99. The fraction of sp³-hybridized carbons (Fsp3) is 0.700. The quantitative estimate of drug-likeness (QED) is 0.769. The summed E-state index contributed by atoms with van der Waals surface area (Å²) >= 11 is 0. The van der Waals surface area contributed by atoms with Crippen LogP contribution in [0.15, 0.2) is 12.5 Å². The van der Waals surface area contributed by atoms with E-state index < -0.39 is 0 Å². The zero-order valence-electron chi connectivity index (χ0n) is 8.91. The minimum atomic E-state index is 0.492. The Bertz CT molecular complexity index is 250. The van der Waals surface area contributed by atoms with Gasteiger partial charge < -0.3 is 9.88 Å². The SMILES string of the molecule is CC(C)NCc1cncn1C(C)C. The van der Waals surface area contributed by atoms with Gasteiger partial charge in [0.2, 0.25) is 0 Å². The third-order valence-corrected chi connectivity index (χ3v) is 1.99. The zero-order chi connectivity index (χ0) is 9.84. The van der Waals surface area contributed by atoms with Crippen molar-refractivity contribution in [2.75, 3.05) is 0 Å². The van der Waals surface area contributed by atoms with Gasteiger partial charge in [0.25, 0.3) is 0 Å². The van der Waals surface area contributed by atoms with Crippen molar-refractivity contribution in [1.82, 2.24) is 14.9 Å². The van der Waals surface area contributed by atoms with E-state index in [0.29, 0.717) is 12.1 Å². The first kappa shape index (κ1) is 10.3. The Morgan fingerprint density at radius 1 is 1.38 bits per heavy atom. The van der Waals surface area contributed by atoms with Gasteiger partial charge in [-0.1, -0.05) is 13.8 Å². The monoisotopic (exact) mass is 181 g/mol. The van der Waals surface area contributed by atoms with Crippen molar-refractivity contribution in [1.29, 1.82) is 0 Å². The fourth-order valence-electron chi connectivity index (χ4n) is 1.24. The average molecular weight is 181 g/mol. The van der Waals surface area contributed by atoms with Crippen LogP contribution in [0, 0.1) is 0 Å². The number of rotatable bonds is 4. The molecular weight excluding hydrogens is 162 g/mol. The Kier molecular flexibility index (Phi) is 3.48. The molecule has 0 atom stereocenters. The van der Waals surface area contributed by atoms with Gasteiger partial charge in [0.15, 0.2) is 0 Å². The third-order valence-electron chi connectivity index (χ3n) is 1.99. The van der Waals surface area contributed by atoms with Crippen molar-refractivity contribution in [3.63, 3.8) is 0 Å². The summed E-state index contributed by atoms with van der Waals surface area (Å²) in [5.41, 5.74) is 1.25. The second kappa shape index (κ2) is 4.42. The molecule has 1 rings (SSSR count). The van der Waals surface area contributed by atoms with Gasteiger partial charge in [-0.25, -0.2) is 4.98 Å². The second-order valence-electron chi connectivity index (χ2n) is 3.92. The predicted octanol–water partition coefficient (Wildman–Crippen LogP) is 1.96. The molecule has 0 unspecified atom stereocenters. The maximum Gasteiger partial charge on any atom is 0.0951 e. The molecule has 3 heteroatoms. The molecule has 0 saturated carbocycles. The maximum absolute atomic E-state index is 4.14. The molecule has 0 spiro atoms. The zero-order valence-corrected chi connectivity index (χ0v) is 8.91. The van der Waals surface area contributed by atoms with Crippen LogP contribution in [0.1, 0.15) is 39.4 Å². The van der Waals surface area contributed by atoms with Crippen LogP contribution in [0.3, 0.4) is 0 Å². The number of hydrogen-bond donors (Lipinski definition) is 1. The van der Waals surface area contributed by atoms with Crippen LogP contribution in [0.5, 0.6) is 0 Å². The van der Waals surface area contributed by atoms with Gasteiger partial charge >= 0.3 is 0 Å². The third kappa shape index (κ3) is 2.84. The van der Waals surface area contributed by atoms with E-state index in [9.17, 15) is 0 Å². The van der Waals surface area contributed by atoms with Crippen molar-refractivity contribution in [3.05, 3.63) is 18.2 Å². The molecule has 0 aliphatic heterocycles. The van der Waals surface area contributed by atoms with Crippen molar-refractivity contribution in [3.8, 4) is 0 Å². The molecule has 1 N–H and O–H groups in total. The number of imidazole rings is 1. The highest BCUT2D eigenvalue weighted by atomic mass is 15.1. The predicted molar refractivity (Wildman–Crippen MR) is 54.6 cm³/mol. The Hall–Kier alpha value is -0.830. The van der Waals surface area contributed by atoms with E-state index in [0.717, 1.165) is 6.54 Å². The van der Waals surface area contributed by atoms with E-state index in [2.05, 4.69) is 42.6 Å². The number of nitrogens with zero attached hydrogens (tertiary/aromatic N) is 2. The first-order valence-electron chi connectivity index (χ1n) is 4.85. The molecule has 0 aromatic carbocycles. The Balaban J connectivity index is 2.60. The van der Waals surface area contributed by atoms with Gasteiger partial charge in [0.1, 0.15) is 0 Å². The molecule has 0 radical (unpaired) electrons. The topological polar surface area (TPSA) is 29.9 Å². The van der Waals surface area contributed by atoms with Crippen molar-refractivity contribution >= 4 is 0 Å². The summed E-state index contributed by atoms with van der Waals surface area (Å²) in [6, 6.07) is 1.02. The molecule has 0 aliphatic rings. The summed E-state index contributed by atoms with van der Waals surface area (Å²) in [7, 11) is 0. The Morgan fingerprint density at radius 3 is 2.62 bits per heavy atom. The molecule has 1 aromatic rings. The van der Waals surface area contributed by atoms with E-state index in [-0.39, 0.29) is 0 Å². The summed E-state index contributed by atoms with van der Waals surface area (Å²) < 4.78 is 2.19. The largest absolute Gasteiger partial charge is 0.331 e. The molecule has 0 bridgehead atoms. The minimum absolute atomic E-state index is 0.492. The fourth-order valence-corrected chi connectivity index (χ4v) is 1.24. The van der Waals surface area contributed by atoms with E-state index in [1.165, 1.54) is 5.69 Å². The molecule has 1 aromatic heterocycles. The molecule has 13 heavy (non-hydrogen) atoms. The van der Waals surface area contributed by atoms with E-state index in [4.69, 9.17) is 0 Å². The van der Waals surface area contributed by atoms with Gasteiger partial charge in [-0.3, -0.25) is 0 Å². The lowest BCUT2D eigenvalue weighted by Crippen LogP contribution is -2.23. The van der Waals surface area contributed by atoms with Crippen LogP contribution in [-0.4, -0.2) is 15.6 Å². The first-order valence-corrected chi connectivity index (χ1v) is 4.85. The molecule has 0 amide bonds. The maximum atomic E-state index is 4.14. The van der Waals surface area contributed by atoms with E-state index >= 15 is 0 Å².